The van der Waals surface area contributed by atoms with Crippen LogP contribution in [0.4, 0.5) is 0 Å². The fraction of sp³-hybridized carbons (Fsp3) is 0.538. The van der Waals surface area contributed by atoms with E-state index >= 15 is 0 Å². The molecule has 0 spiro atoms. The fourth-order valence-electron chi connectivity index (χ4n) is 1.24. The zero-order valence-corrected chi connectivity index (χ0v) is 11.1. The summed E-state index contributed by atoms with van der Waals surface area (Å²) < 4.78 is 26.3. The molecule has 0 aliphatic heterocycles. The molecule has 102 valence electrons. The molecule has 0 N–H and O–H groups in total. The number of hydrogen-bond donors (Lipinski definition) is 0. The standard InChI is InChI=1S/C13H20O5/c1-4-15-9-17-11-6-7-12(14-3)13(8-11)18-10-16-5-2/h6-8H,4-5,9-10H2,1-3H3. The first-order valence-corrected chi connectivity index (χ1v) is 5.90. The highest BCUT2D eigenvalue weighted by atomic mass is 16.7. The van der Waals surface area contributed by atoms with E-state index in [-0.39, 0.29) is 13.6 Å². The highest BCUT2D eigenvalue weighted by molar-refractivity contribution is 5.45. The van der Waals surface area contributed by atoms with Crippen LogP contribution >= 0.6 is 0 Å². The minimum atomic E-state index is 0.182. The van der Waals surface area contributed by atoms with Gasteiger partial charge >= 0.3 is 0 Å². The largest absolute Gasteiger partial charge is 0.493 e. The van der Waals surface area contributed by atoms with Crippen LogP contribution in [0.3, 0.4) is 0 Å². The molecule has 1 rings (SSSR count). The van der Waals surface area contributed by atoms with Crippen LogP contribution in [0.5, 0.6) is 17.2 Å². The predicted octanol–water partition coefficient (Wildman–Crippen LogP) is 2.44. The van der Waals surface area contributed by atoms with Gasteiger partial charge in [-0.25, -0.2) is 0 Å². The summed E-state index contributed by atoms with van der Waals surface area (Å²) in [5.74, 6) is 1.88. The summed E-state index contributed by atoms with van der Waals surface area (Å²) in [6.45, 7) is 5.43. The summed E-state index contributed by atoms with van der Waals surface area (Å²) in [5.41, 5.74) is 0. The van der Waals surface area contributed by atoms with Crippen molar-refractivity contribution < 1.29 is 23.7 Å². The van der Waals surface area contributed by atoms with E-state index in [1.165, 1.54) is 0 Å². The minimum absolute atomic E-state index is 0.182. The summed E-state index contributed by atoms with van der Waals surface area (Å²) in [6.07, 6.45) is 0. The second-order valence-corrected chi connectivity index (χ2v) is 3.32. The van der Waals surface area contributed by atoms with Gasteiger partial charge in [0.25, 0.3) is 0 Å². The molecule has 5 nitrogen and oxygen atoms in total. The first-order chi connectivity index (χ1) is 8.81. The molecule has 0 aromatic heterocycles. The van der Waals surface area contributed by atoms with Gasteiger partial charge in [-0.05, 0) is 26.0 Å². The number of rotatable bonds is 9. The Morgan fingerprint density at radius 3 is 2.17 bits per heavy atom. The van der Waals surface area contributed by atoms with Gasteiger partial charge in [0.05, 0.1) is 7.11 Å². The molecule has 0 heterocycles. The average molecular weight is 256 g/mol. The van der Waals surface area contributed by atoms with Crippen molar-refractivity contribution >= 4 is 0 Å². The van der Waals surface area contributed by atoms with Crippen molar-refractivity contribution in [2.45, 2.75) is 13.8 Å². The molecule has 18 heavy (non-hydrogen) atoms. The molecule has 0 aliphatic carbocycles. The number of benzene rings is 1. The van der Waals surface area contributed by atoms with E-state index in [0.29, 0.717) is 30.5 Å². The van der Waals surface area contributed by atoms with E-state index in [2.05, 4.69) is 0 Å². The molecular weight excluding hydrogens is 236 g/mol. The number of hydrogen-bond acceptors (Lipinski definition) is 5. The Labute approximate surface area is 108 Å². The van der Waals surface area contributed by atoms with Crippen molar-refractivity contribution in [3.8, 4) is 17.2 Å². The maximum absolute atomic E-state index is 5.45. The molecule has 0 saturated heterocycles. The Morgan fingerprint density at radius 1 is 0.889 bits per heavy atom. The summed E-state index contributed by atoms with van der Waals surface area (Å²) >= 11 is 0. The monoisotopic (exact) mass is 256 g/mol. The first kappa shape index (κ1) is 14.6. The highest BCUT2D eigenvalue weighted by Gasteiger charge is 2.06. The Bertz CT molecular complexity index is 340. The van der Waals surface area contributed by atoms with Crippen molar-refractivity contribution in [2.24, 2.45) is 0 Å². The molecule has 1 aromatic rings. The average Bonchev–Trinajstić information content (AvgIpc) is 2.40. The van der Waals surface area contributed by atoms with Gasteiger partial charge in [0.1, 0.15) is 5.75 Å². The Kier molecular flexibility index (Phi) is 6.98. The molecule has 0 saturated carbocycles. The van der Waals surface area contributed by atoms with Gasteiger partial charge in [0.15, 0.2) is 25.1 Å². The van der Waals surface area contributed by atoms with Gasteiger partial charge in [-0.1, -0.05) is 0 Å². The smallest absolute Gasteiger partial charge is 0.189 e. The Hall–Kier alpha value is -1.46. The van der Waals surface area contributed by atoms with Gasteiger partial charge in [-0.3, -0.25) is 0 Å². The normalized spacial score (nSPS) is 10.2. The van der Waals surface area contributed by atoms with Crippen LogP contribution in [-0.2, 0) is 9.47 Å². The quantitative estimate of drug-likeness (QED) is 0.501. The van der Waals surface area contributed by atoms with Crippen LogP contribution < -0.4 is 14.2 Å². The predicted molar refractivity (Wildman–Crippen MR) is 67.2 cm³/mol. The Morgan fingerprint density at radius 2 is 1.56 bits per heavy atom. The molecule has 0 atom stereocenters. The summed E-state index contributed by atoms with van der Waals surface area (Å²) in [4.78, 5) is 0. The maximum Gasteiger partial charge on any atom is 0.189 e. The molecule has 0 aliphatic rings. The lowest BCUT2D eigenvalue weighted by molar-refractivity contribution is 0.0171. The van der Waals surface area contributed by atoms with E-state index in [4.69, 9.17) is 23.7 Å². The van der Waals surface area contributed by atoms with Crippen LogP contribution in [-0.4, -0.2) is 33.9 Å². The van der Waals surface area contributed by atoms with Crippen molar-refractivity contribution in [3.63, 3.8) is 0 Å². The van der Waals surface area contributed by atoms with Crippen LogP contribution in [0, 0.1) is 0 Å². The van der Waals surface area contributed by atoms with Crippen molar-refractivity contribution in [3.05, 3.63) is 18.2 Å². The SMILES string of the molecule is CCOCOc1ccc(OC)c(OCOCC)c1. The lowest BCUT2D eigenvalue weighted by atomic mass is 10.3. The molecule has 0 radical (unpaired) electrons. The van der Waals surface area contributed by atoms with Gasteiger partial charge in [0.2, 0.25) is 0 Å². The lowest BCUT2D eigenvalue weighted by Gasteiger charge is -2.12. The first-order valence-electron chi connectivity index (χ1n) is 5.90. The zero-order valence-electron chi connectivity index (χ0n) is 11.1. The van der Waals surface area contributed by atoms with Gasteiger partial charge < -0.3 is 23.7 Å². The van der Waals surface area contributed by atoms with Crippen molar-refractivity contribution in [1.82, 2.24) is 0 Å². The molecule has 1 aromatic carbocycles. The van der Waals surface area contributed by atoms with Gasteiger partial charge in [-0.15, -0.1) is 0 Å². The zero-order chi connectivity index (χ0) is 13.2. The fourth-order valence-corrected chi connectivity index (χ4v) is 1.24. The van der Waals surface area contributed by atoms with Crippen LogP contribution in [0.1, 0.15) is 13.8 Å². The third-order valence-electron chi connectivity index (χ3n) is 2.15. The molecule has 5 heteroatoms. The molecule has 0 fully saturated rings. The number of methoxy groups -OCH3 is 1. The van der Waals surface area contributed by atoms with E-state index in [9.17, 15) is 0 Å². The highest BCUT2D eigenvalue weighted by Crippen LogP contribution is 2.31. The summed E-state index contributed by atoms with van der Waals surface area (Å²) in [7, 11) is 1.59. The maximum atomic E-state index is 5.45. The van der Waals surface area contributed by atoms with Gasteiger partial charge in [-0.2, -0.15) is 0 Å². The van der Waals surface area contributed by atoms with E-state index in [0.717, 1.165) is 0 Å². The summed E-state index contributed by atoms with van der Waals surface area (Å²) in [6, 6.07) is 5.32. The van der Waals surface area contributed by atoms with E-state index in [1.54, 1.807) is 25.3 Å². The molecule has 0 amide bonds. The van der Waals surface area contributed by atoms with Crippen molar-refractivity contribution in [2.75, 3.05) is 33.9 Å². The van der Waals surface area contributed by atoms with Crippen molar-refractivity contribution in [1.29, 1.82) is 0 Å². The van der Waals surface area contributed by atoms with Crippen LogP contribution in [0.15, 0.2) is 18.2 Å². The minimum Gasteiger partial charge on any atom is -0.493 e. The molecule has 0 unspecified atom stereocenters. The van der Waals surface area contributed by atoms with Gasteiger partial charge in [0, 0.05) is 19.3 Å². The van der Waals surface area contributed by atoms with E-state index < -0.39 is 0 Å². The topological polar surface area (TPSA) is 46.2 Å². The Balaban J connectivity index is 2.62. The lowest BCUT2D eigenvalue weighted by Crippen LogP contribution is -2.05. The third-order valence-corrected chi connectivity index (χ3v) is 2.15. The number of ether oxygens (including phenoxy) is 5. The van der Waals surface area contributed by atoms with Crippen LogP contribution in [0.2, 0.25) is 0 Å². The van der Waals surface area contributed by atoms with Crippen LogP contribution in [0.25, 0.3) is 0 Å². The molecular formula is C13H20O5. The second kappa shape index (κ2) is 8.60. The summed E-state index contributed by atoms with van der Waals surface area (Å²) in [5, 5.41) is 0. The van der Waals surface area contributed by atoms with E-state index in [1.807, 2.05) is 13.8 Å². The third kappa shape index (κ3) is 4.81. The molecule has 0 bridgehead atoms. The second-order valence-electron chi connectivity index (χ2n) is 3.32.